The van der Waals surface area contributed by atoms with Crippen LogP contribution in [0, 0.1) is 6.92 Å². The Kier molecular flexibility index (Phi) is 6.85. The molecule has 1 aliphatic heterocycles. The quantitative estimate of drug-likeness (QED) is 0.461. The summed E-state index contributed by atoms with van der Waals surface area (Å²) in [5.41, 5.74) is -0.270. The second-order valence-electron chi connectivity index (χ2n) is 8.33. The number of aromatic nitrogens is 3. The summed E-state index contributed by atoms with van der Waals surface area (Å²) >= 11 is 1.27. The van der Waals surface area contributed by atoms with E-state index in [4.69, 9.17) is 5.14 Å². The van der Waals surface area contributed by atoms with Crippen molar-refractivity contribution in [1.82, 2.24) is 19.3 Å². The number of nitrogens with two attached hydrogens (primary N) is 1. The Morgan fingerprint density at radius 3 is 2.69 bits per heavy atom. The van der Waals surface area contributed by atoms with Crippen molar-refractivity contribution in [3.63, 3.8) is 0 Å². The molecular formula is C21H23F3N6O3S2. The van der Waals surface area contributed by atoms with Gasteiger partial charge in [0.15, 0.2) is 0 Å². The summed E-state index contributed by atoms with van der Waals surface area (Å²) in [6.07, 6.45) is -1.02. The molecule has 1 saturated heterocycles. The van der Waals surface area contributed by atoms with Gasteiger partial charge in [-0.1, -0.05) is 6.07 Å². The molecule has 1 unspecified atom stereocenters. The molecule has 14 heteroatoms. The molecule has 3 aromatic rings. The molecule has 188 valence electrons. The van der Waals surface area contributed by atoms with Gasteiger partial charge in [-0.2, -0.15) is 25.9 Å². The van der Waals surface area contributed by atoms with Crippen LogP contribution in [0.25, 0.3) is 10.4 Å². The summed E-state index contributed by atoms with van der Waals surface area (Å²) in [6, 6.07) is 6.16. The van der Waals surface area contributed by atoms with Crippen molar-refractivity contribution >= 4 is 33.2 Å². The van der Waals surface area contributed by atoms with Crippen LogP contribution in [0.4, 0.5) is 24.8 Å². The third-order valence-electron chi connectivity index (χ3n) is 5.60. The fourth-order valence-electron chi connectivity index (χ4n) is 3.89. The standard InChI is InChI=1S/C21H23F3N6O3S2/c1-13-9-14(11-15(10-13)28-19-26-6-3-17(29-19)21(22,23)24)16-12-27-18(34-16)20(31)4-2-7-30(8-5-20)35(25,32)33/h3,6,9-12,31H,2,4-5,7-8H2,1H3,(H2,25,32,33)(H,26,28,29). The average Bonchev–Trinajstić information content (AvgIpc) is 3.17. The highest BCUT2D eigenvalue weighted by Gasteiger charge is 2.37. The Morgan fingerprint density at radius 2 is 1.97 bits per heavy atom. The number of benzene rings is 1. The highest BCUT2D eigenvalue weighted by atomic mass is 32.2. The largest absolute Gasteiger partial charge is 0.433 e. The van der Waals surface area contributed by atoms with E-state index in [9.17, 15) is 26.7 Å². The minimum Gasteiger partial charge on any atom is -0.383 e. The van der Waals surface area contributed by atoms with Gasteiger partial charge in [0.1, 0.15) is 16.3 Å². The molecular weight excluding hydrogens is 505 g/mol. The lowest BCUT2D eigenvalue weighted by Crippen LogP contribution is -2.38. The van der Waals surface area contributed by atoms with Crippen LogP contribution in [-0.4, -0.2) is 45.9 Å². The molecule has 0 amide bonds. The van der Waals surface area contributed by atoms with Crippen LogP contribution in [0.5, 0.6) is 0 Å². The summed E-state index contributed by atoms with van der Waals surface area (Å²) in [5.74, 6) is -0.187. The van der Waals surface area contributed by atoms with Gasteiger partial charge in [0, 0.05) is 31.2 Å². The minimum absolute atomic E-state index is 0.0831. The highest BCUT2D eigenvalue weighted by molar-refractivity contribution is 7.86. The lowest BCUT2D eigenvalue weighted by atomic mass is 9.96. The summed E-state index contributed by atoms with van der Waals surface area (Å²) < 4.78 is 63.4. The van der Waals surface area contributed by atoms with Crippen LogP contribution in [0.15, 0.2) is 36.7 Å². The van der Waals surface area contributed by atoms with E-state index in [0.29, 0.717) is 23.5 Å². The number of nitrogens with zero attached hydrogens (tertiary/aromatic N) is 4. The van der Waals surface area contributed by atoms with E-state index in [1.807, 2.05) is 13.0 Å². The van der Waals surface area contributed by atoms with Crippen molar-refractivity contribution in [1.29, 1.82) is 0 Å². The van der Waals surface area contributed by atoms with Crippen molar-refractivity contribution in [3.8, 4) is 10.4 Å². The lowest BCUT2D eigenvalue weighted by molar-refractivity contribution is -0.141. The molecule has 0 radical (unpaired) electrons. The molecule has 0 saturated carbocycles. The molecule has 9 nitrogen and oxygen atoms in total. The van der Waals surface area contributed by atoms with Gasteiger partial charge in [0.2, 0.25) is 5.95 Å². The van der Waals surface area contributed by atoms with E-state index in [0.717, 1.165) is 32.6 Å². The second-order valence-corrected chi connectivity index (χ2v) is 10.9. The van der Waals surface area contributed by atoms with Crippen molar-refractivity contribution < 1.29 is 26.7 Å². The third kappa shape index (κ3) is 5.95. The number of halogens is 3. The van der Waals surface area contributed by atoms with Gasteiger partial charge in [-0.05, 0) is 55.5 Å². The predicted molar refractivity (Wildman–Crippen MR) is 125 cm³/mol. The topological polar surface area (TPSA) is 134 Å². The van der Waals surface area contributed by atoms with E-state index in [2.05, 4.69) is 20.3 Å². The summed E-state index contributed by atoms with van der Waals surface area (Å²) in [5, 5.41) is 19.7. The Morgan fingerprint density at radius 1 is 1.20 bits per heavy atom. The van der Waals surface area contributed by atoms with Gasteiger partial charge < -0.3 is 10.4 Å². The molecule has 2 aromatic heterocycles. The fraction of sp³-hybridized carbons (Fsp3) is 0.381. The third-order valence-corrected chi connectivity index (χ3v) is 7.93. The number of aryl methyl sites for hydroxylation is 1. The number of aliphatic hydroxyl groups is 1. The van der Waals surface area contributed by atoms with Crippen molar-refractivity contribution in [2.75, 3.05) is 18.4 Å². The zero-order chi connectivity index (χ0) is 25.4. The summed E-state index contributed by atoms with van der Waals surface area (Å²) in [4.78, 5) is 12.5. The molecule has 1 aliphatic rings. The number of alkyl halides is 3. The van der Waals surface area contributed by atoms with Gasteiger partial charge >= 0.3 is 6.18 Å². The Bertz CT molecular complexity index is 1330. The van der Waals surface area contributed by atoms with Crippen LogP contribution < -0.4 is 10.5 Å². The van der Waals surface area contributed by atoms with Crippen molar-refractivity contribution in [2.24, 2.45) is 5.14 Å². The van der Waals surface area contributed by atoms with E-state index in [1.54, 1.807) is 18.3 Å². The van der Waals surface area contributed by atoms with E-state index >= 15 is 0 Å². The SMILES string of the molecule is Cc1cc(Nc2nccc(C(F)(F)F)n2)cc(-c2cnc(C3(O)CCCN(S(N)(=O)=O)CC3)s2)c1. The number of nitrogens with one attached hydrogen (secondary N) is 1. The molecule has 0 spiro atoms. The zero-order valence-corrected chi connectivity index (χ0v) is 20.2. The maximum Gasteiger partial charge on any atom is 0.433 e. The number of hydrogen-bond acceptors (Lipinski definition) is 8. The maximum absolute atomic E-state index is 13.0. The number of anilines is 2. The van der Waals surface area contributed by atoms with Gasteiger partial charge in [0.05, 0.1) is 4.88 Å². The van der Waals surface area contributed by atoms with Crippen molar-refractivity contribution in [2.45, 2.75) is 38.0 Å². The monoisotopic (exact) mass is 528 g/mol. The Hall–Kier alpha value is -2.65. The number of thiazole rings is 1. The molecule has 1 atom stereocenters. The lowest BCUT2D eigenvalue weighted by Gasteiger charge is -2.24. The van der Waals surface area contributed by atoms with Gasteiger partial charge in [-0.15, -0.1) is 11.3 Å². The fourth-order valence-corrected chi connectivity index (χ4v) is 5.67. The van der Waals surface area contributed by atoms with Crippen LogP contribution in [0.2, 0.25) is 0 Å². The number of rotatable bonds is 5. The van der Waals surface area contributed by atoms with Crippen LogP contribution in [0.1, 0.15) is 35.5 Å². The molecule has 0 aliphatic carbocycles. The van der Waals surface area contributed by atoms with E-state index in [1.165, 1.54) is 11.3 Å². The first kappa shape index (κ1) is 25.4. The molecule has 4 N–H and O–H groups in total. The Balaban J connectivity index is 1.57. The molecule has 0 bridgehead atoms. The first-order valence-electron chi connectivity index (χ1n) is 10.6. The maximum atomic E-state index is 13.0. The van der Waals surface area contributed by atoms with Crippen LogP contribution in [0.3, 0.4) is 0 Å². The van der Waals surface area contributed by atoms with Gasteiger partial charge in [-0.3, -0.25) is 0 Å². The van der Waals surface area contributed by atoms with E-state index < -0.39 is 27.7 Å². The molecule has 4 rings (SSSR count). The molecule has 1 aromatic carbocycles. The molecule has 35 heavy (non-hydrogen) atoms. The number of hydrogen-bond donors (Lipinski definition) is 3. The normalized spacial score (nSPS) is 19.9. The van der Waals surface area contributed by atoms with Crippen LogP contribution in [-0.2, 0) is 22.0 Å². The Labute approximate surface area is 204 Å². The average molecular weight is 529 g/mol. The predicted octanol–water partition coefficient (Wildman–Crippen LogP) is 3.55. The second kappa shape index (κ2) is 9.43. The van der Waals surface area contributed by atoms with Gasteiger partial charge in [0.25, 0.3) is 10.2 Å². The smallest absolute Gasteiger partial charge is 0.383 e. The van der Waals surface area contributed by atoms with Crippen LogP contribution >= 0.6 is 11.3 Å². The first-order valence-corrected chi connectivity index (χ1v) is 12.9. The van der Waals surface area contributed by atoms with Crippen molar-refractivity contribution in [3.05, 3.63) is 52.9 Å². The molecule has 3 heterocycles. The summed E-state index contributed by atoms with van der Waals surface area (Å²) in [7, 11) is -3.84. The summed E-state index contributed by atoms with van der Waals surface area (Å²) in [6.45, 7) is 2.15. The highest BCUT2D eigenvalue weighted by Crippen LogP contribution is 2.39. The minimum atomic E-state index is -4.58. The molecule has 1 fully saturated rings. The van der Waals surface area contributed by atoms with E-state index in [-0.39, 0.29) is 25.5 Å². The zero-order valence-electron chi connectivity index (χ0n) is 18.6. The van der Waals surface area contributed by atoms with Gasteiger partial charge in [-0.25, -0.2) is 20.1 Å². The first-order chi connectivity index (χ1) is 16.3.